The van der Waals surface area contributed by atoms with E-state index in [1.54, 1.807) is 39.0 Å². The number of hydrogen-bond acceptors (Lipinski definition) is 6. The van der Waals surface area contributed by atoms with E-state index >= 15 is 0 Å². The van der Waals surface area contributed by atoms with Crippen LogP contribution in [0.2, 0.25) is 10.0 Å². The van der Waals surface area contributed by atoms with Crippen LogP contribution in [0.15, 0.2) is 65.6 Å². The Morgan fingerprint density at radius 2 is 1.53 bits per heavy atom. The Hall–Kier alpha value is -3.54. The number of amides is 2. The van der Waals surface area contributed by atoms with E-state index in [2.05, 4.69) is 5.32 Å². The molecule has 232 valence electrons. The van der Waals surface area contributed by atoms with Crippen molar-refractivity contribution < 1.29 is 31.9 Å². The highest BCUT2D eigenvalue weighted by atomic mass is 35.5. The second-order valence-corrected chi connectivity index (χ2v) is 13.3. The summed E-state index contributed by atoms with van der Waals surface area (Å²) in [6.45, 7) is 5.97. The second-order valence-electron chi connectivity index (χ2n) is 10.6. The predicted octanol–water partition coefficient (Wildman–Crippen LogP) is 5.68. The van der Waals surface area contributed by atoms with Gasteiger partial charge in [0.1, 0.15) is 18.4 Å². The Bertz CT molecular complexity index is 1560. The number of sulfonamides is 1. The molecular formula is C30H34Cl2FN3O6S. The van der Waals surface area contributed by atoms with Gasteiger partial charge in [0.2, 0.25) is 11.8 Å². The zero-order valence-corrected chi connectivity index (χ0v) is 27.0. The highest BCUT2D eigenvalue weighted by molar-refractivity contribution is 7.92. The van der Waals surface area contributed by atoms with E-state index in [0.717, 1.165) is 16.4 Å². The molecule has 3 aromatic rings. The first-order chi connectivity index (χ1) is 20.1. The van der Waals surface area contributed by atoms with Gasteiger partial charge in [-0.3, -0.25) is 13.9 Å². The molecule has 0 aliphatic rings. The van der Waals surface area contributed by atoms with Gasteiger partial charge < -0.3 is 19.7 Å². The standard InChI is InChI=1S/C30H34Cl2FN3O6S/c1-19(29(38)34-30(2,3)4)35(17-23-24(31)8-7-9-25(23)32)28(37)18-36(21-12-10-20(33)11-13-21)43(39,40)22-14-15-26(41-5)27(16-22)42-6/h7-16,19H,17-18H2,1-6H3,(H,34,38)/t19-/m1/s1. The first-order valence-corrected chi connectivity index (χ1v) is 15.3. The maximum Gasteiger partial charge on any atom is 0.264 e. The number of carbonyl (C=O) groups is 2. The Morgan fingerprint density at radius 1 is 0.953 bits per heavy atom. The van der Waals surface area contributed by atoms with Crippen molar-refractivity contribution in [1.29, 1.82) is 0 Å². The summed E-state index contributed by atoms with van der Waals surface area (Å²) < 4.78 is 53.3. The maximum absolute atomic E-state index is 14.1. The molecule has 2 amide bonds. The van der Waals surface area contributed by atoms with Gasteiger partial charge in [0.15, 0.2) is 11.5 Å². The number of nitrogens with zero attached hydrogens (tertiary/aromatic N) is 2. The van der Waals surface area contributed by atoms with E-state index in [9.17, 15) is 22.4 Å². The molecule has 13 heteroatoms. The number of rotatable bonds is 11. The van der Waals surface area contributed by atoms with Gasteiger partial charge in [-0.2, -0.15) is 0 Å². The smallest absolute Gasteiger partial charge is 0.264 e. The summed E-state index contributed by atoms with van der Waals surface area (Å²) >= 11 is 12.8. The van der Waals surface area contributed by atoms with Gasteiger partial charge >= 0.3 is 0 Å². The Kier molecular flexibility index (Phi) is 10.9. The van der Waals surface area contributed by atoms with Crippen molar-refractivity contribution >= 4 is 50.7 Å². The molecule has 3 aromatic carbocycles. The maximum atomic E-state index is 14.1. The molecule has 1 atom stereocenters. The largest absolute Gasteiger partial charge is 0.493 e. The molecule has 0 aliphatic heterocycles. The molecule has 0 radical (unpaired) electrons. The highest BCUT2D eigenvalue weighted by Gasteiger charge is 2.34. The summed E-state index contributed by atoms with van der Waals surface area (Å²) in [7, 11) is -1.67. The van der Waals surface area contributed by atoms with Crippen molar-refractivity contribution in [2.45, 2.75) is 50.7 Å². The normalized spacial score (nSPS) is 12.3. The third-order valence-corrected chi connectivity index (χ3v) is 8.87. The molecule has 0 saturated carbocycles. The minimum absolute atomic E-state index is 0.0204. The number of hydrogen-bond donors (Lipinski definition) is 1. The minimum atomic E-state index is -4.44. The van der Waals surface area contributed by atoms with Gasteiger partial charge in [-0.15, -0.1) is 0 Å². The monoisotopic (exact) mass is 653 g/mol. The average molecular weight is 655 g/mol. The van der Waals surface area contributed by atoms with Crippen LogP contribution in [-0.2, 0) is 26.2 Å². The van der Waals surface area contributed by atoms with Crippen molar-refractivity contribution in [1.82, 2.24) is 10.2 Å². The first kappa shape index (κ1) is 34.0. The van der Waals surface area contributed by atoms with Gasteiger partial charge in [0, 0.05) is 33.8 Å². The summed E-state index contributed by atoms with van der Waals surface area (Å²) in [6, 6.07) is 12.4. The van der Waals surface area contributed by atoms with E-state index in [1.807, 2.05) is 0 Å². The lowest BCUT2D eigenvalue weighted by atomic mass is 10.1. The van der Waals surface area contributed by atoms with Gasteiger partial charge in [0.05, 0.1) is 24.8 Å². The van der Waals surface area contributed by atoms with E-state index in [0.29, 0.717) is 11.3 Å². The van der Waals surface area contributed by atoms with Crippen molar-refractivity contribution in [2.24, 2.45) is 0 Å². The van der Waals surface area contributed by atoms with Crippen LogP contribution >= 0.6 is 23.2 Å². The van der Waals surface area contributed by atoms with Crippen LogP contribution in [-0.4, -0.2) is 57.5 Å². The Balaban J connectivity index is 2.11. The lowest BCUT2D eigenvalue weighted by Crippen LogP contribution is -2.54. The number of anilines is 1. The number of ether oxygens (including phenoxy) is 2. The number of benzene rings is 3. The van der Waals surface area contributed by atoms with Crippen molar-refractivity contribution in [3.05, 3.63) is 82.1 Å². The first-order valence-electron chi connectivity index (χ1n) is 13.1. The van der Waals surface area contributed by atoms with Gasteiger partial charge in [-0.05, 0) is 76.2 Å². The highest BCUT2D eigenvalue weighted by Crippen LogP contribution is 2.33. The molecule has 0 spiro atoms. The molecule has 0 bridgehead atoms. The third kappa shape index (κ3) is 8.31. The van der Waals surface area contributed by atoms with Crippen LogP contribution in [0.1, 0.15) is 33.3 Å². The Labute approximate surface area is 261 Å². The predicted molar refractivity (Wildman–Crippen MR) is 165 cm³/mol. The minimum Gasteiger partial charge on any atom is -0.493 e. The van der Waals surface area contributed by atoms with E-state index < -0.39 is 45.8 Å². The van der Waals surface area contributed by atoms with Gasteiger partial charge in [-0.1, -0.05) is 29.3 Å². The average Bonchev–Trinajstić information content (AvgIpc) is 2.94. The van der Waals surface area contributed by atoms with Gasteiger partial charge in [-0.25, -0.2) is 12.8 Å². The van der Waals surface area contributed by atoms with Crippen LogP contribution in [0.25, 0.3) is 0 Å². The lowest BCUT2D eigenvalue weighted by molar-refractivity contribution is -0.140. The number of carbonyl (C=O) groups excluding carboxylic acids is 2. The van der Waals surface area contributed by atoms with Crippen molar-refractivity contribution in [3.8, 4) is 11.5 Å². The molecular weight excluding hydrogens is 620 g/mol. The number of halogens is 3. The summed E-state index contributed by atoms with van der Waals surface area (Å²) in [4.78, 5) is 28.3. The molecule has 0 fully saturated rings. The molecule has 0 aliphatic carbocycles. The lowest BCUT2D eigenvalue weighted by Gasteiger charge is -2.34. The second kappa shape index (κ2) is 13.8. The quantitative estimate of drug-likeness (QED) is 0.286. The van der Waals surface area contributed by atoms with Gasteiger partial charge in [0.25, 0.3) is 10.0 Å². The zero-order valence-electron chi connectivity index (χ0n) is 24.7. The molecule has 1 N–H and O–H groups in total. The molecule has 9 nitrogen and oxygen atoms in total. The summed E-state index contributed by atoms with van der Waals surface area (Å²) in [5, 5.41) is 3.37. The number of nitrogens with one attached hydrogen (secondary N) is 1. The van der Waals surface area contributed by atoms with Crippen molar-refractivity contribution in [2.75, 3.05) is 25.1 Å². The summed E-state index contributed by atoms with van der Waals surface area (Å²) in [6.07, 6.45) is 0. The molecule has 43 heavy (non-hydrogen) atoms. The third-order valence-electron chi connectivity index (χ3n) is 6.39. The molecule has 0 aromatic heterocycles. The fourth-order valence-electron chi connectivity index (χ4n) is 4.15. The van der Waals surface area contributed by atoms with Crippen LogP contribution < -0.4 is 19.1 Å². The molecule has 0 heterocycles. The van der Waals surface area contributed by atoms with Crippen LogP contribution in [0.3, 0.4) is 0 Å². The zero-order chi connectivity index (χ0) is 32.1. The molecule has 0 saturated heterocycles. The summed E-state index contributed by atoms with van der Waals surface area (Å²) in [5.41, 5.74) is -0.211. The molecule has 0 unspecified atom stereocenters. The van der Waals surface area contributed by atoms with Crippen LogP contribution in [0.4, 0.5) is 10.1 Å². The van der Waals surface area contributed by atoms with E-state index in [4.69, 9.17) is 32.7 Å². The van der Waals surface area contributed by atoms with E-state index in [-0.39, 0.29) is 32.9 Å². The Morgan fingerprint density at radius 3 is 2.07 bits per heavy atom. The van der Waals surface area contributed by atoms with E-state index in [1.165, 1.54) is 56.4 Å². The summed E-state index contributed by atoms with van der Waals surface area (Å²) in [5.74, 6) is -1.36. The topological polar surface area (TPSA) is 105 Å². The van der Waals surface area contributed by atoms with Crippen molar-refractivity contribution in [3.63, 3.8) is 0 Å². The van der Waals surface area contributed by atoms with Crippen LogP contribution in [0, 0.1) is 5.82 Å². The SMILES string of the molecule is COc1ccc(S(=O)(=O)N(CC(=O)N(Cc2c(Cl)cccc2Cl)[C@H](C)C(=O)NC(C)(C)C)c2ccc(F)cc2)cc1OC. The fourth-order valence-corrected chi connectivity index (χ4v) is 6.10. The number of methoxy groups -OCH3 is 2. The van der Waals surface area contributed by atoms with Crippen LogP contribution in [0.5, 0.6) is 11.5 Å². The fraction of sp³-hybridized carbons (Fsp3) is 0.333. The molecule has 3 rings (SSSR count).